The zero-order valence-corrected chi connectivity index (χ0v) is 9.36. The second kappa shape index (κ2) is 5.70. The molecule has 2 nitrogen and oxygen atoms in total. The maximum absolute atomic E-state index is 11.8. The highest BCUT2D eigenvalue weighted by Crippen LogP contribution is 2.13. The van der Waals surface area contributed by atoms with E-state index in [9.17, 15) is 4.21 Å². The van der Waals surface area contributed by atoms with E-state index < -0.39 is 10.8 Å². The van der Waals surface area contributed by atoms with Gasteiger partial charge in [0.25, 0.3) is 0 Å². The lowest BCUT2D eigenvalue weighted by molar-refractivity contribution is 0.593. The molecule has 0 radical (unpaired) electrons. The SMILES string of the molecule is CCC(CN)S(=O)C(C)C(C)C. The van der Waals surface area contributed by atoms with Gasteiger partial charge in [-0.05, 0) is 12.3 Å². The summed E-state index contributed by atoms with van der Waals surface area (Å²) in [7, 11) is -0.758. The Morgan fingerprint density at radius 1 is 1.33 bits per heavy atom. The summed E-state index contributed by atoms with van der Waals surface area (Å²) < 4.78 is 11.8. The van der Waals surface area contributed by atoms with E-state index in [-0.39, 0.29) is 10.5 Å². The molecular weight excluding hydrogens is 170 g/mol. The molecule has 0 aromatic carbocycles. The lowest BCUT2D eigenvalue weighted by atomic mass is 10.2. The van der Waals surface area contributed by atoms with Gasteiger partial charge in [-0.15, -0.1) is 0 Å². The van der Waals surface area contributed by atoms with Crippen molar-refractivity contribution in [2.24, 2.45) is 11.7 Å². The fourth-order valence-corrected chi connectivity index (χ4v) is 2.66. The van der Waals surface area contributed by atoms with Gasteiger partial charge in [0.05, 0.1) is 0 Å². The van der Waals surface area contributed by atoms with Gasteiger partial charge >= 0.3 is 0 Å². The van der Waals surface area contributed by atoms with Crippen molar-refractivity contribution in [3.05, 3.63) is 0 Å². The van der Waals surface area contributed by atoms with Gasteiger partial charge in [-0.3, -0.25) is 4.21 Å². The van der Waals surface area contributed by atoms with Gasteiger partial charge in [0, 0.05) is 27.8 Å². The summed E-state index contributed by atoms with van der Waals surface area (Å²) in [5.41, 5.74) is 5.53. The van der Waals surface area contributed by atoms with Gasteiger partial charge in [0.1, 0.15) is 0 Å². The van der Waals surface area contributed by atoms with Gasteiger partial charge in [0.2, 0.25) is 0 Å². The highest BCUT2D eigenvalue weighted by molar-refractivity contribution is 7.86. The van der Waals surface area contributed by atoms with E-state index in [1.807, 2.05) is 13.8 Å². The molecular formula is C9H21NOS. The second-order valence-corrected chi connectivity index (χ2v) is 5.61. The molecule has 0 rings (SSSR count). The molecule has 2 N–H and O–H groups in total. The normalized spacial score (nSPS) is 19.2. The second-order valence-electron chi connectivity index (χ2n) is 3.54. The highest BCUT2D eigenvalue weighted by atomic mass is 32.2. The quantitative estimate of drug-likeness (QED) is 0.716. The van der Waals surface area contributed by atoms with Crippen LogP contribution in [-0.2, 0) is 10.8 Å². The average molecular weight is 191 g/mol. The fourth-order valence-electron chi connectivity index (χ4n) is 0.998. The van der Waals surface area contributed by atoms with E-state index in [4.69, 9.17) is 5.73 Å². The van der Waals surface area contributed by atoms with Crippen molar-refractivity contribution in [2.45, 2.75) is 44.6 Å². The van der Waals surface area contributed by atoms with E-state index in [1.165, 1.54) is 0 Å². The fraction of sp³-hybridized carbons (Fsp3) is 1.00. The Bertz CT molecular complexity index is 139. The molecule has 3 unspecified atom stereocenters. The molecule has 0 aromatic rings. The van der Waals surface area contributed by atoms with Crippen molar-refractivity contribution in [3.8, 4) is 0 Å². The van der Waals surface area contributed by atoms with Crippen LogP contribution in [0.2, 0.25) is 0 Å². The van der Waals surface area contributed by atoms with Crippen LogP contribution in [0.1, 0.15) is 34.1 Å². The van der Waals surface area contributed by atoms with Crippen LogP contribution in [0.4, 0.5) is 0 Å². The molecule has 0 aromatic heterocycles. The van der Waals surface area contributed by atoms with E-state index >= 15 is 0 Å². The number of hydrogen-bond acceptors (Lipinski definition) is 2. The van der Waals surface area contributed by atoms with E-state index in [0.29, 0.717) is 12.5 Å². The van der Waals surface area contributed by atoms with Crippen molar-refractivity contribution in [3.63, 3.8) is 0 Å². The molecule has 74 valence electrons. The Kier molecular flexibility index (Phi) is 5.76. The molecule has 0 spiro atoms. The predicted molar refractivity (Wildman–Crippen MR) is 55.6 cm³/mol. The maximum atomic E-state index is 11.8. The van der Waals surface area contributed by atoms with Crippen molar-refractivity contribution in [1.29, 1.82) is 0 Å². The first-order chi connectivity index (χ1) is 5.54. The average Bonchev–Trinajstić information content (AvgIpc) is 2.05. The summed E-state index contributed by atoms with van der Waals surface area (Å²) in [4.78, 5) is 0. The zero-order chi connectivity index (χ0) is 9.72. The summed E-state index contributed by atoms with van der Waals surface area (Å²) in [5, 5.41) is 0.445. The maximum Gasteiger partial charge on any atom is 0.0470 e. The van der Waals surface area contributed by atoms with Crippen LogP contribution in [0, 0.1) is 5.92 Å². The third kappa shape index (κ3) is 3.23. The van der Waals surface area contributed by atoms with Crippen molar-refractivity contribution in [2.75, 3.05) is 6.54 Å². The standard InChI is InChI=1S/C9H21NOS/c1-5-9(6-10)12(11)8(4)7(2)3/h7-9H,5-6,10H2,1-4H3. The molecule has 0 fully saturated rings. The van der Waals surface area contributed by atoms with Crippen LogP contribution >= 0.6 is 0 Å². The van der Waals surface area contributed by atoms with Crippen molar-refractivity contribution >= 4 is 10.8 Å². The molecule has 0 aliphatic rings. The molecule has 0 saturated heterocycles. The minimum absolute atomic E-state index is 0.183. The molecule has 0 amide bonds. The van der Waals surface area contributed by atoms with E-state index in [0.717, 1.165) is 6.42 Å². The zero-order valence-electron chi connectivity index (χ0n) is 8.54. The Balaban J connectivity index is 4.16. The topological polar surface area (TPSA) is 43.1 Å². The first-order valence-electron chi connectivity index (χ1n) is 4.64. The van der Waals surface area contributed by atoms with Gasteiger partial charge in [-0.25, -0.2) is 0 Å². The Labute approximate surface area is 78.4 Å². The lowest BCUT2D eigenvalue weighted by Crippen LogP contribution is -2.32. The Hall–Kier alpha value is 0.110. The monoisotopic (exact) mass is 191 g/mol. The van der Waals surface area contributed by atoms with Crippen LogP contribution in [0.15, 0.2) is 0 Å². The third-order valence-corrected chi connectivity index (χ3v) is 4.81. The molecule has 3 heteroatoms. The largest absolute Gasteiger partial charge is 0.329 e. The molecule has 0 heterocycles. The molecule has 12 heavy (non-hydrogen) atoms. The van der Waals surface area contributed by atoms with Gasteiger partial charge in [-0.2, -0.15) is 0 Å². The summed E-state index contributed by atoms with van der Waals surface area (Å²) in [6, 6.07) is 0. The molecule has 0 saturated carbocycles. The molecule has 3 atom stereocenters. The Morgan fingerprint density at radius 3 is 2.08 bits per heavy atom. The van der Waals surface area contributed by atoms with Gasteiger partial charge in [0.15, 0.2) is 0 Å². The molecule has 0 aliphatic heterocycles. The summed E-state index contributed by atoms with van der Waals surface area (Å²) in [6.07, 6.45) is 0.917. The highest BCUT2D eigenvalue weighted by Gasteiger charge is 2.21. The van der Waals surface area contributed by atoms with Crippen LogP contribution in [0.25, 0.3) is 0 Å². The van der Waals surface area contributed by atoms with Gasteiger partial charge in [-0.1, -0.05) is 27.7 Å². The number of nitrogens with two attached hydrogens (primary N) is 1. The van der Waals surface area contributed by atoms with Crippen LogP contribution in [0.3, 0.4) is 0 Å². The predicted octanol–water partition coefficient (Wildman–Crippen LogP) is 1.52. The smallest absolute Gasteiger partial charge is 0.0470 e. The van der Waals surface area contributed by atoms with Crippen LogP contribution < -0.4 is 5.73 Å². The van der Waals surface area contributed by atoms with Crippen molar-refractivity contribution in [1.82, 2.24) is 0 Å². The van der Waals surface area contributed by atoms with E-state index in [2.05, 4.69) is 13.8 Å². The summed E-state index contributed by atoms with van der Waals surface area (Å²) >= 11 is 0. The first-order valence-corrected chi connectivity index (χ1v) is 5.91. The number of hydrogen-bond donors (Lipinski definition) is 1. The van der Waals surface area contributed by atoms with Crippen molar-refractivity contribution < 1.29 is 4.21 Å². The number of rotatable bonds is 5. The lowest BCUT2D eigenvalue weighted by Gasteiger charge is -2.20. The van der Waals surface area contributed by atoms with E-state index in [1.54, 1.807) is 0 Å². The molecule has 0 aliphatic carbocycles. The summed E-state index contributed by atoms with van der Waals surface area (Å²) in [6.45, 7) is 8.83. The minimum atomic E-state index is -0.758. The van der Waals surface area contributed by atoms with Crippen LogP contribution in [-0.4, -0.2) is 21.3 Å². The van der Waals surface area contributed by atoms with Gasteiger partial charge < -0.3 is 5.73 Å². The first kappa shape index (κ1) is 12.1. The molecule has 0 bridgehead atoms. The Morgan fingerprint density at radius 2 is 1.83 bits per heavy atom. The summed E-state index contributed by atoms with van der Waals surface area (Å²) in [5.74, 6) is 0.478. The van der Waals surface area contributed by atoms with Crippen LogP contribution in [0.5, 0.6) is 0 Å². The minimum Gasteiger partial charge on any atom is -0.329 e. The third-order valence-electron chi connectivity index (χ3n) is 2.35.